The summed E-state index contributed by atoms with van der Waals surface area (Å²) in [5, 5.41) is 6.50. The molecule has 0 aromatic heterocycles. The zero-order valence-electron chi connectivity index (χ0n) is 14.3. The highest BCUT2D eigenvalue weighted by Gasteiger charge is 2.12. The van der Waals surface area contributed by atoms with Gasteiger partial charge in [-0.25, -0.2) is 0 Å². The summed E-state index contributed by atoms with van der Waals surface area (Å²) < 4.78 is 5.22. The summed E-state index contributed by atoms with van der Waals surface area (Å²) >= 11 is 13.2. The monoisotopic (exact) mass is 412 g/mol. The second kappa shape index (κ2) is 9.71. The first-order chi connectivity index (χ1) is 12.4. The quantitative estimate of drug-likeness (QED) is 0.695. The Morgan fingerprint density at radius 2 is 1.62 bits per heavy atom. The van der Waals surface area contributed by atoms with Gasteiger partial charge < -0.3 is 15.4 Å². The number of benzene rings is 2. The predicted molar refractivity (Wildman–Crippen MR) is 109 cm³/mol. The van der Waals surface area contributed by atoms with E-state index in [1.807, 2.05) is 6.92 Å². The van der Waals surface area contributed by atoms with E-state index >= 15 is 0 Å². The van der Waals surface area contributed by atoms with Gasteiger partial charge in [-0.1, -0.05) is 35.3 Å². The molecule has 0 saturated carbocycles. The van der Waals surface area contributed by atoms with Gasteiger partial charge in [0.1, 0.15) is 5.75 Å². The average molecular weight is 413 g/mol. The molecule has 0 spiro atoms. The second-order valence-corrected chi connectivity index (χ2v) is 7.17. The van der Waals surface area contributed by atoms with E-state index in [-0.39, 0.29) is 23.3 Å². The van der Waals surface area contributed by atoms with Crippen molar-refractivity contribution in [2.24, 2.45) is 0 Å². The Hall–Kier alpha value is -1.89. The van der Waals surface area contributed by atoms with Crippen LogP contribution < -0.4 is 15.4 Å². The number of rotatable bonds is 7. The Kier molecular flexibility index (Phi) is 7.63. The van der Waals surface area contributed by atoms with Crippen LogP contribution in [-0.2, 0) is 9.59 Å². The largest absolute Gasteiger partial charge is 0.495 e. The molecule has 2 N–H and O–H groups in total. The van der Waals surface area contributed by atoms with Crippen LogP contribution in [0.5, 0.6) is 5.75 Å². The lowest BCUT2D eigenvalue weighted by atomic mass is 10.2. The summed E-state index contributed by atoms with van der Waals surface area (Å²) in [6, 6.07) is 10.4. The van der Waals surface area contributed by atoms with E-state index in [4.69, 9.17) is 27.9 Å². The van der Waals surface area contributed by atoms with Crippen LogP contribution in [0.15, 0.2) is 36.4 Å². The number of nitrogens with one attached hydrogen (secondary N) is 2. The van der Waals surface area contributed by atoms with Gasteiger partial charge in [-0.15, -0.1) is 11.8 Å². The van der Waals surface area contributed by atoms with Crippen molar-refractivity contribution in [1.82, 2.24) is 0 Å². The number of ether oxygens (including phenoxy) is 1. The molecule has 2 aromatic rings. The summed E-state index contributed by atoms with van der Waals surface area (Å²) in [6.45, 7) is 1.84. The molecule has 0 saturated heterocycles. The molecule has 138 valence electrons. The molecule has 26 heavy (non-hydrogen) atoms. The second-order valence-electron chi connectivity index (χ2n) is 5.37. The molecule has 0 atom stereocenters. The van der Waals surface area contributed by atoms with Crippen LogP contribution in [-0.4, -0.2) is 30.4 Å². The zero-order chi connectivity index (χ0) is 19.1. The van der Waals surface area contributed by atoms with Crippen molar-refractivity contribution in [2.75, 3.05) is 29.2 Å². The van der Waals surface area contributed by atoms with Crippen molar-refractivity contribution in [3.05, 3.63) is 52.0 Å². The fraction of sp³-hybridized carbons (Fsp3) is 0.222. The summed E-state index contributed by atoms with van der Waals surface area (Å²) in [4.78, 5) is 24.0. The molecule has 0 bridgehead atoms. The molecular formula is C18H18Cl2N2O3S. The molecule has 2 amide bonds. The Balaban J connectivity index is 1.83. The van der Waals surface area contributed by atoms with Crippen LogP contribution >= 0.6 is 35.0 Å². The molecule has 0 heterocycles. The summed E-state index contributed by atoms with van der Waals surface area (Å²) in [5.74, 6) is 0.280. The lowest BCUT2D eigenvalue weighted by Gasteiger charge is -2.12. The standard InChI is InChI=1S/C18H18Cl2N2O3S/c1-11-7-15(16(25-2)8-13(11)20)22-18(24)10-26-9-17(23)21-14-6-4-3-5-12(14)19/h3-8H,9-10H2,1-2H3,(H,21,23)(H,22,24). The highest BCUT2D eigenvalue weighted by atomic mass is 35.5. The molecule has 0 aliphatic heterocycles. The van der Waals surface area contributed by atoms with Crippen LogP contribution in [0.2, 0.25) is 10.0 Å². The first kappa shape index (κ1) is 20.4. The minimum Gasteiger partial charge on any atom is -0.495 e. The molecular weight excluding hydrogens is 395 g/mol. The van der Waals surface area contributed by atoms with Crippen molar-refractivity contribution in [1.29, 1.82) is 0 Å². The molecule has 0 unspecified atom stereocenters. The lowest BCUT2D eigenvalue weighted by molar-refractivity contribution is -0.114. The van der Waals surface area contributed by atoms with E-state index < -0.39 is 0 Å². The number of halogens is 2. The van der Waals surface area contributed by atoms with Crippen LogP contribution in [0.4, 0.5) is 11.4 Å². The number of methoxy groups -OCH3 is 1. The summed E-state index contributed by atoms with van der Waals surface area (Å²) in [6.07, 6.45) is 0. The van der Waals surface area contributed by atoms with Gasteiger partial charge in [0, 0.05) is 11.1 Å². The smallest absolute Gasteiger partial charge is 0.234 e. The van der Waals surface area contributed by atoms with Crippen molar-refractivity contribution in [2.45, 2.75) is 6.92 Å². The van der Waals surface area contributed by atoms with Gasteiger partial charge in [0.25, 0.3) is 0 Å². The fourth-order valence-corrected chi connectivity index (χ4v) is 3.06. The van der Waals surface area contributed by atoms with Crippen molar-refractivity contribution < 1.29 is 14.3 Å². The van der Waals surface area contributed by atoms with Crippen LogP contribution in [0.25, 0.3) is 0 Å². The van der Waals surface area contributed by atoms with Gasteiger partial charge in [-0.05, 0) is 30.7 Å². The Morgan fingerprint density at radius 1 is 1.00 bits per heavy atom. The third kappa shape index (κ3) is 5.83. The van der Waals surface area contributed by atoms with E-state index in [9.17, 15) is 9.59 Å². The van der Waals surface area contributed by atoms with E-state index in [1.165, 1.54) is 18.9 Å². The van der Waals surface area contributed by atoms with E-state index in [0.29, 0.717) is 27.2 Å². The number of anilines is 2. The number of amides is 2. The highest BCUT2D eigenvalue weighted by molar-refractivity contribution is 8.00. The van der Waals surface area contributed by atoms with Crippen LogP contribution in [0.1, 0.15) is 5.56 Å². The van der Waals surface area contributed by atoms with Gasteiger partial charge in [-0.3, -0.25) is 9.59 Å². The van der Waals surface area contributed by atoms with E-state index in [0.717, 1.165) is 5.56 Å². The van der Waals surface area contributed by atoms with Gasteiger partial charge in [0.15, 0.2) is 0 Å². The van der Waals surface area contributed by atoms with E-state index in [2.05, 4.69) is 10.6 Å². The van der Waals surface area contributed by atoms with E-state index in [1.54, 1.807) is 36.4 Å². The summed E-state index contributed by atoms with van der Waals surface area (Å²) in [7, 11) is 1.50. The normalized spacial score (nSPS) is 10.3. The van der Waals surface area contributed by atoms with Crippen molar-refractivity contribution in [3.8, 4) is 5.75 Å². The average Bonchev–Trinajstić information content (AvgIpc) is 2.60. The maximum Gasteiger partial charge on any atom is 0.234 e. The van der Waals surface area contributed by atoms with Gasteiger partial charge in [0.2, 0.25) is 11.8 Å². The number of para-hydroxylation sites is 1. The van der Waals surface area contributed by atoms with Gasteiger partial charge >= 0.3 is 0 Å². The minimum atomic E-state index is -0.236. The Labute approximate surface area is 166 Å². The molecule has 0 fully saturated rings. The maximum absolute atomic E-state index is 12.1. The zero-order valence-corrected chi connectivity index (χ0v) is 16.6. The molecule has 0 radical (unpaired) electrons. The Bertz CT molecular complexity index is 815. The number of thioether (sulfide) groups is 1. The first-order valence-electron chi connectivity index (χ1n) is 7.67. The molecule has 0 aliphatic carbocycles. The number of aryl methyl sites for hydroxylation is 1. The maximum atomic E-state index is 12.1. The van der Waals surface area contributed by atoms with Crippen LogP contribution in [0, 0.1) is 6.92 Å². The van der Waals surface area contributed by atoms with Crippen molar-refractivity contribution >= 4 is 58.2 Å². The Morgan fingerprint density at radius 3 is 2.23 bits per heavy atom. The molecule has 2 rings (SSSR count). The fourth-order valence-electron chi connectivity index (χ4n) is 2.10. The third-order valence-corrected chi connectivity index (χ3v) is 5.04. The SMILES string of the molecule is COc1cc(Cl)c(C)cc1NC(=O)CSCC(=O)Nc1ccccc1Cl. The van der Waals surface area contributed by atoms with Gasteiger partial charge in [-0.2, -0.15) is 0 Å². The summed E-state index contributed by atoms with van der Waals surface area (Å²) in [5.41, 5.74) is 1.92. The predicted octanol–water partition coefficient (Wildman–Crippen LogP) is 4.62. The molecule has 0 aliphatic rings. The highest BCUT2D eigenvalue weighted by Crippen LogP contribution is 2.31. The molecule has 8 heteroatoms. The third-order valence-electron chi connectivity index (χ3n) is 3.37. The molecule has 2 aromatic carbocycles. The minimum absolute atomic E-state index is 0.126. The van der Waals surface area contributed by atoms with Crippen molar-refractivity contribution in [3.63, 3.8) is 0 Å². The number of carbonyl (C=O) groups is 2. The van der Waals surface area contributed by atoms with Gasteiger partial charge in [0.05, 0.1) is 35.0 Å². The number of hydrogen-bond acceptors (Lipinski definition) is 4. The number of hydrogen-bond donors (Lipinski definition) is 2. The topological polar surface area (TPSA) is 67.4 Å². The number of carbonyl (C=O) groups excluding carboxylic acids is 2. The molecule has 5 nitrogen and oxygen atoms in total. The van der Waals surface area contributed by atoms with Crippen LogP contribution in [0.3, 0.4) is 0 Å². The lowest BCUT2D eigenvalue weighted by Crippen LogP contribution is -2.19. The first-order valence-corrected chi connectivity index (χ1v) is 9.58.